The molecule has 0 saturated carbocycles. The van der Waals surface area contributed by atoms with Gasteiger partial charge in [-0.05, 0) is 48.9 Å². The van der Waals surface area contributed by atoms with E-state index < -0.39 is 6.04 Å². The van der Waals surface area contributed by atoms with E-state index in [0.717, 1.165) is 22.3 Å². The summed E-state index contributed by atoms with van der Waals surface area (Å²) in [5, 5.41) is 11.4. The summed E-state index contributed by atoms with van der Waals surface area (Å²) in [6.45, 7) is 2.19. The number of rotatable bonds is 7. The van der Waals surface area contributed by atoms with Crippen LogP contribution in [0, 0.1) is 12.7 Å². The number of para-hydroxylation sites is 2. The van der Waals surface area contributed by atoms with Gasteiger partial charge in [-0.25, -0.2) is 14.1 Å². The largest absolute Gasteiger partial charge is 0.497 e. The number of carbonyl (C=O) groups is 1. The number of benzene rings is 3. The number of nitrogens with one attached hydrogen (secondary N) is 1. The van der Waals surface area contributed by atoms with Crippen molar-refractivity contribution in [1.82, 2.24) is 29.9 Å². The van der Waals surface area contributed by atoms with Crippen LogP contribution in [0.3, 0.4) is 0 Å². The standard InChI is InChI=1S/C26H23FN6O2/c1-17-25(30-31-33(17)20-6-5-7-21(14-20)35-2)26(34)29-23(18-10-12-19(27)13-11-18)15-32-16-28-22-8-3-4-9-24(22)32/h3-14,16,23H,15H2,1-2H3,(H,29,34). The summed E-state index contributed by atoms with van der Waals surface area (Å²) in [5.41, 5.74) is 4.07. The number of hydrogen-bond donors (Lipinski definition) is 1. The van der Waals surface area contributed by atoms with Crippen LogP contribution in [-0.2, 0) is 6.54 Å². The Bertz CT molecular complexity index is 1490. The Balaban J connectivity index is 1.45. The SMILES string of the molecule is COc1cccc(-n2nnc(C(=O)NC(Cn3cnc4ccccc43)c3ccc(F)cc3)c2C)c1. The molecule has 0 spiro atoms. The molecule has 1 unspecified atom stereocenters. The van der Waals surface area contributed by atoms with Gasteiger partial charge in [0.05, 0.1) is 41.9 Å². The summed E-state index contributed by atoms with van der Waals surface area (Å²) in [5.74, 6) is -0.0493. The highest BCUT2D eigenvalue weighted by Gasteiger charge is 2.23. The molecule has 5 aromatic rings. The Hall–Kier alpha value is -4.53. The minimum absolute atomic E-state index is 0.204. The van der Waals surface area contributed by atoms with Crippen LogP contribution in [0.2, 0.25) is 0 Å². The van der Waals surface area contributed by atoms with E-state index in [1.807, 2.05) is 53.1 Å². The molecule has 1 N–H and O–H groups in total. The van der Waals surface area contributed by atoms with Gasteiger partial charge in [-0.1, -0.05) is 35.5 Å². The normalized spacial score (nSPS) is 12.0. The first kappa shape index (κ1) is 22.3. The average molecular weight is 471 g/mol. The van der Waals surface area contributed by atoms with E-state index in [1.54, 1.807) is 37.2 Å². The number of amides is 1. The van der Waals surface area contributed by atoms with Crippen molar-refractivity contribution in [3.63, 3.8) is 0 Å². The van der Waals surface area contributed by atoms with Gasteiger partial charge in [0.2, 0.25) is 0 Å². The van der Waals surface area contributed by atoms with E-state index in [0.29, 0.717) is 18.0 Å². The van der Waals surface area contributed by atoms with E-state index >= 15 is 0 Å². The molecule has 35 heavy (non-hydrogen) atoms. The van der Waals surface area contributed by atoms with Crippen LogP contribution >= 0.6 is 0 Å². The maximum Gasteiger partial charge on any atom is 0.274 e. The van der Waals surface area contributed by atoms with Crippen LogP contribution in [0.1, 0.15) is 27.8 Å². The number of fused-ring (bicyclic) bond motifs is 1. The Labute approximate surface area is 201 Å². The lowest BCUT2D eigenvalue weighted by molar-refractivity contribution is 0.0927. The third kappa shape index (κ3) is 4.48. The Morgan fingerprint density at radius 2 is 1.89 bits per heavy atom. The lowest BCUT2D eigenvalue weighted by Gasteiger charge is -2.20. The van der Waals surface area contributed by atoms with Crippen molar-refractivity contribution in [2.24, 2.45) is 0 Å². The molecule has 3 aromatic carbocycles. The van der Waals surface area contributed by atoms with Crippen molar-refractivity contribution in [3.8, 4) is 11.4 Å². The zero-order valence-electron chi connectivity index (χ0n) is 19.2. The summed E-state index contributed by atoms with van der Waals surface area (Å²) in [6.07, 6.45) is 1.73. The van der Waals surface area contributed by atoms with E-state index in [2.05, 4.69) is 20.6 Å². The third-order valence-corrected chi connectivity index (χ3v) is 5.89. The number of halogens is 1. The second-order valence-corrected chi connectivity index (χ2v) is 8.10. The molecule has 0 aliphatic heterocycles. The highest BCUT2D eigenvalue weighted by Crippen LogP contribution is 2.22. The van der Waals surface area contributed by atoms with Gasteiger partial charge in [0.15, 0.2) is 5.69 Å². The zero-order valence-corrected chi connectivity index (χ0v) is 19.2. The Morgan fingerprint density at radius 1 is 1.09 bits per heavy atom. The molecular formula is C26H23FN6O2. The fourth-order valence-electron chi connectivity index (χ4n) is 4.03. The molecule has 1 amide bonds. The number of nitrogens with zero attached hydrogens (tertiary/aromatic N) is 5. The van der Waals surface area contributed by atoms with Gasteiger partial charge in [0, 0.05) is 12.6 Å². The van der Waals surface area contributed by atoms with E-state index in [1.165, 1.54) is 12.1 Å². The molecule has 176 valence electrons. The van der Waals surface area contributed by atoms with E-state index in [-0.39, 0.29) is 17.4 Å². The minimum Gasteiger partial charge on any atom is -0.497 e. The highest BCUT2D eigenvalue weighted by atomic mass is 19.1. The van der Waals surface area contributed by atoms with Crippen LogP contribution in [0.15, 0.2) is 79.1 Å². The molecule has 9 heteroatoms. The van der Waals surface area contributed by atoms with E-state index in [9.17, 15) is 9.18 Å². The minimum atomic E-state index is -0.456. The second kappa shape index (κ2) is 9.38. The monoisotopic (exact) mass is 470 g/mol. The fourth-order valence-corrected chi connectivity index (χ4v) is 4.03. The molecule has 8 nitrogen and oxygen atoms in total. The van der Waals surface area contributed by atoms with Crippen molar-refractivity contribution in [2.75, 3.05) is 7.11 Å². The highest BCUT2D eigenvalue weighted by molar-refractivity contribution is 5.93. The first-order valence-electron chi connectivity index (χ1n) is 11.1. The maximum absolute atomic E-state index is 13.6. The predicted octanol–water partition coefficient (Wildman–Crippen LogP) is 4.24. The number of hydrogen-bond acceptors (Lipinski definition) is 5. The Kier molecular flexibility index (Phi) is 5.97. The molecule has 2 heterocycles. The molecule has 0 bridgehead atoms. The van der Waals surface area contributed by atoms with Crippen LogP contribution < -0.4 is 10.1 Å². The fraction of sp³-hybridized carbons (Fsp3) is 0.154. The summed E-state index contributed by atoms with van der Waals surface area (Å²) in [4.78, 5) is 17.8. The lowest BCUT2D eigenvalue weighted by atomic mass is 10.1. The average Bonchev–Trinajstić information content (AvgIpc) is 3.47. The molecule has 5 rings (SSSR count). The van der Waals surface area contributed by atoms with Crippen LogP contribution in [0.5, 0.6) is 5.75 Å². The summed E-state index contributed by atoms with van der Waals surface area (Å²) in [7, 11) is 1.59. The molecule has 0 radical (unpaired) electrons. The maximum atomic E-state index is 13.6. The smallest absolute Gasteiger partial charge is 0.274 e. The number of imidazole rings is 1. The second-order valence-electron chi connectivity index (χ2n) is 8.10. The van der Waals surface area contributed by atoms with Crippen LogP contribution in [-0.4, -0.2) is 37.6 Å². The van der Waals surface area contributed by atoms with Crippen molar-refractivity contribution in [2.45, 2.75) is 19.5 Å². The topological polar surface area (TPSA) is 86.9 Å². The first-order chi connectivity index (χ1) is 17.0. The summed E-state index contributed by atoms with van der Waals surface area (Å²) in [6, 6.07) is 20.7. The van der Waals surface area contributed by atoms with Crippen LogP contribution in [0.4, 0.5) is 4.39 Å². The molecule has 0 fully saturated rings. The van der Waals surface area contributed by atoms with Gasteiger partial charge in [-0.2, -0.15) is 0 Å². The first-order valence-corrected chi connectivity index (χ1v) is 11.1. The van der Waals surface area contributed by atoms with Gasteiger partial charge in [-0.3, -0.25) is 4.79 Å². The van der Waals surface area contributed by atoms with Gasteiger partial charge in [-0.15, -0.1) is 5.10 Å². The van der Waals surface area contributed by atoms with Crippen LogP contribution in [0.25, 0.3) is 16.7 Å². The molecule has 0 aliphatic carbocycles. The molecule has 1 atom stereocenters. The molecule has 0 saturated heterocycles. The van der Waals surface area contributed by atoms with Crippen molar-refractivity contribution in [3.05, 3.63) is 102 Å². The number of methoxy groups -OCH3 is 1. The number of ether oxygens (including phenoxy) is 1. The molecule has 2 aromatic heterocycles. The van der Waals surface area contributed by atoms with Gasteiger partial charge in [0.25, 0.3) is 5.91 Å². The summed E-state index contributed by atoms with van der Waals surface area (Å²) < 4.78 is 22.4. The summed E-state index contributed by atoms with van der Waals surface area (Å²) >= 11 is 0. The zero-order chi connectivity index (χ0) is 24.4. The van der Waals surface area contributed by atoms with E-state index in [4.69, 9.17) is 4.74 Å². The number of aromatic nitrogens is 5. The van der Waals surface area contributed by atoms with Gasteiger partial charge < -0.3 is 14.6 Å². The third-order valence-electron chi connectivity index (χ3n) is 5.89. The lowest BCUT2D eigenvalue weighted by Crippen LogP contribution is -2.32. The quantitative estimate of drug-likeness (QED) is 0.384. The molecular weight excluding hydrogens is 447 g/mol. The van der Waals surface area contributed by atoms with Gasteiger partial charge >= 0.3 is 0 Å². The van der Waals surface area contributed by atoms with Crippen molar-refractivity contribution in [1.29, 1.82) is 0 Å². The van der Waals surface area contributed by atoms with Gasteiger partial charge in [0.1, 0.15) is 11.6 Å². The Morgan fingerprint density at radius 3 is 2.69 bits per heavy atom. The van der Waals surface area contributed by atoms with Crippen molar-refractivity contribution >= 4 is 16.9 Å². The number of carbonyl (C=O) groups excluding carboxylic acids is 1. The molecule has 0 aliphatic rings. The predicted molar refractivity (Wildman–Crippen MR) is 129 cm³/mol. The van der Waals surface area contributed by atoms with Crippen molar-refractivity contribution < 1.29 is 13.9 Å².